The van der Waals surface area contributed by atoms with Crippen LogP contribution in [0.25, 0.3) is 0 Å². The summed E-state index contributed by atoms with van der Waals surface area (Å²) < 4.78 is 25.2. The first-order valence-electron chi connectivity index (χ1n) is 5.34. The second-order valence-corrected chi connectivity index (χ2v) is 6.19. The molecule has 3 nitrogen and oxygen atoms in total. The molecule has 0 aromatic heterocycles. The zero-order valence-electron chi connectivity index (χ0n) is 9.75. The van der Waals surface area contributed by atoms with E-state index in [9.17, 15) is 8.42 Å². The van der Waals surface area contributed by atoms with E-state index in [0.717, 1.165) is 9.39 Å². The van der Waals surface area contributed by atoms with Gasteiger partial charge in [-0.2, -0.15) is 12.2 Å². The number of nitrogens with zero attached hydrogens (tertiary/aromatic N) is 1. The van der Waals surface area contributed by atoms with Gasteiger partial charge in [0.15, 0.2) is 0 Å². The van der Waals surface area contributed by atoms with Gasteiger partial charge in [-0.05, 0) is 31.2 Å². The molecule has 0 atom stereocenters. The summed E-state index contributed by atoms with van der Waals surface area (Å²) in [5.41, 5.74) is 1.41. The minimum Gasteiger partial charge on any atom is -0.200 e. The molecule has 5 heteroatoms. The van der Waals surface area contributed by atoms with Gasteiger partial charge in [0.25, 0.3) is 10.0 Å². The molecule has 0 spiro atoms. The topological polar surface area (TPSA) is 37.4 Å². The lowest BCUT2D eigenvalue weighted by Crippen LogP contribution is -2.21. The molecule has 0 bridgehead atoms. The van der Waals surface area contributed by atoms with Crippen LogP contribution in [0.2, 0.25) is 0 Å². The second-order valence-electron chi connectivity index (χ2n) is 3.87. The molecule has 0 N–H and O–H groups in total. The van der Waals surface area contributed by atoms with Crippen LogP contribution in [0.1, 0.15) is 5.56 Å². The van der Waals surface area contributed by atoms with E-state index in [0.29, 0.717) is 5.69 Å². The van der Waals surface area contributed by atoms with Crippen molar-refractivity contribution in [2.75, 3.05) is 3.82 Å². The van der Waals surface area contributed by atoms with Crippen LogP contribution < -0.4 is 3.82 Å². The first kappa shape index (κ1) is 12.9. The molecule has 0 saturated heterocycles. The Hall–Kier alpha value is -1.52. The molecule has 94 valence electrons. The number of para-hydroxylation sites is 1. The third-order valence-electron chi connectivity index (χ3n) is 2.49. The number of sulfonamides is 1. The Balaban J connectivity index is 2.40. The van der Waals surface area contributed by atoms with Gasteiger partial charge in [-0.3, -0.25) is 0 Å². The highest BCUT2D eigenvalue weighted by molar-refractivity contribution is 7.94. The van der Waals surface area contributed by atoms with Crippen molar-refractivity contribution in [3.8, 4) is 0 Å². The van der Waals surface area contributed by atoms with Gasteiger partial charge in [-0.1, -0.05) is 35.9 Å². The third kappa shape index (κ3) is 2.49. The Morgan fingerprint density at radius 1 is 0.944 bits per heavy atom. The predicted octanol–water partition coefficient (Wildman–Crippen LogP) is 3.34. The molecule has 0 aliphatic rings. The number of anilines is 1. The summed E-state index contributed by atoms with van der Waals surface area (Å²) in [5, 5.41) is 0. The normalized spacial score (nSPS) is 11.2. The third-order valence-corrected chi connectivity index (χ3v) is 4.73. The lowest BCUT2D eigenvalue weighted by Gasteiger charge is -2.16. The van der Waals surface area contributed by atoms with Crippen molar-refractivity contribution in [2.24, 2.45) is 0 Å². The van der Waals surface area contributed by atoms with Gasteiger partial charge < -0.3 is 0 Å². The Morgan fingerprint density at radius 2 is 1.50 bits per heavy atom. The zero-order chi connectivity index (χ0) is 13.2. The molecule has 18 heavy (non-hydrogen) atoms. The van der Waals surface area contributed by atoms with Crippen molar-refractivity contribution < 1.29 is 8.42 Å². The van der Waals surface area contributed by atoms with Gasteiger partial charge >= 0.3 is 0 Å². The van der Waals surface area contributed by atoms with Crippen LogP contribution in [-0.2, 0) is 10.0 Å². The van der Waals surface area contributed by atoms with Gasteiger partial charge in [0.1, 0.15) is 0 Å². The lowest BCUT2D eigenvalue weighted by molar-refractivity contribution is 0.598. The fourth-order valence-corrected chi connectivity index (χ4v) is 2.90. The summed E-state index contributed by atoms with van der Waals surface area (Å²) in [6.07, 6.45) is 0. The quantitative estimate of drug-likeness (QED) is 0.809. The minimum absolute atomic E-state index is 0.173. The fraction of sp³-hybridized carbons (Fsp3) is 0.0769. The van der Waals surface area contributed by atoms with E-state index in [-0.39, 0.29) is 4.90 Å². The molecule has 2 rings (SSSR count). The average Bonchev–Trinajstić information content (AvgIpc) is 2.39. The van der Waals surface area contributed by atoms with Crippen LogP contribution in [0.15, 0.2) is 59.5 Å². The van der Waals surface area contributed by atoms with Crippen molar-refractivity contribution in [3.63, 3.8) is 0 Å². The van der Waals surface area contributed by atoms with E-state index in [1.807, 2.05) is 6.92 Å². The summed E-state index contributed by atoms with van der Waals surface area (Å²) in [6.45, 7) is 1.89. The predicted molar refractivity (Wildman–Crippen MR) is 73.1 cm³/mol. The number of halogens is 1. The van der Waals surface area contributed by atoms with Crippen molar-refractivity contribution in [2.45, 2.75) is 11.8 Å². The maximum Gasteiger partial charge on any atom is 0.278 e. The van der Waals surface area contributed by atoms with E-state index in [2.05, 4.69) is 0 Å². The summed E-state index contributed by atoms with van der Waals surface area (Å²) in [7, 11) is -3.71. The minimum atomic E-state index is -3.71. The molecule has 0 amide bonds. The highest BCUT2D eigenvalue weighted by atomic mass is 35.5. The van der Waals surface area contributed by atoms with Gasteiger partial charge in [-0.15, -0.1) is 0 Å². The standard InChI is InChI=1S/C13H12ClNO2S/c1-11-7-9-13(10-8-11)18(16,17)15(14)12-5-3-2-4-6-12/h2-10H,1H3. The molecule has 0 heterocycles. The number of rotatable bonds is 3. The van der Waals surface area contributed by atoms with E-state index < -0.39 is 10.0 Å². The fourth-order valence-electron chi connectivity index (χ4n) is 1.49. The summed E-state index contributed by atoms with van der Waals surface area (Å²) in [5.74, 6) is 0. The van der Waals surface area contributed by atoms with Crippen molar-refractivity contribution in [1.82, 2.24) is 0 Å². The largest absolute Gasteiger partial charge is 0.278 e. The zero-order valence-corrected chi connectivity index (χ0v) is 11.3. The molecule has 2 aromatic rings. The SMILES string of the molecule is Cc1ccc(S(=O)(=O)N(Cl)c2ccccc2)cc1. The number of hydrogen-bond acceptors (Lipinski definition) is 2. The van der Waals surface area contributed by atoms with Gasteiger partial charge in [0.05, 0.1) is 10.6 Å². The van der Waals surface area contributed by atoms with Crippen LogP contribution in [0.4, 0.5) is 5.69 Å². The Bertz CT molecular complexity index is 624. The van der Waals surface area contributed by atoms with Crippen LogP contribution >= 0.6 is 11.8 Å². The number of hydrogen-bond donors (Lipinski definition) is 0. The Kier molecular flexibility index (Phi) is 3.59. The number of benzene rings is 2. The van der Waals surface area contributed by atoms with Crippen LogP contribution in [0.5, 0.6) is 0 Å². The summed E-state index contributed by atoms with van der Waals surface area (Å²) in [4.78, 5) is 0.173. The molecule has 0 saturated carbocycles. The van der Waals surface area contributed by atoms with Crippen LogP contribution in [0, 0.1) is 6.92 Å². The van der Waals surface area contributed by atoms with E-state index >= 15 is 0 Å². The molecular weight excluding hydrogens is 270 g/mol. The summed E-state index contributed by atoms with van der Waals surface area (Å²) >= 11 is 5.92. The summed E-state index contributed by atoms with van der Waals surface area (Å²) in [6, 6.07) is 15.1. The maximum atomic E-state index is 12.2. The Labute approximate surface area is 112 Å². The molecule has 0 aliphatic heterocycles. The van der Waals surface area contributed by atoms with E-state index in [1.165, 1.54) is 0 Å². The number of aryl methyl sites for hydroxylation is 1. The molecule has 2 aromatic carbocycles. The van der Waals surface area contributed by atoms with Crippen LogP contribution in [-0.4, -0.2) is 8.42 Å². The molecule has 0 radical (unpaired) electrons. The van der Waals surface area contributed by atoms with Gasteiger partial charge in [-0.25, -0.2) is 0 Å². The second kappa shape index (κ2) is 5.00. The highest BCUT2D eigenvalue weighted by Crippen LogP contribution is 2.25. The average molecular weight is 282 g/mol. The van der Waals surface area contributed by atoms with Gasteiger partial charge in [0, 0.05) is 11.8 Å². The lowest BCUT2D eigenvalue weighted by atomic mass is 10.2. The smallest absolute Gasteiger partial charge is 0.200 e. The van der Waals surface area contributed by atoms with E-state index in [1.54, 1.807) is 54.6 Å². The molecule has 0 aliphatic carbocycles. The first-order chi connectivity index (χ1) is 8.51. The van der Waals surface area contributed by atoms with Crippen molar-refractivity contribution in [1.29, 1.82) is 0 Å². The Morgan fingerprint density at radius 3 is 2.06 bits per heavy atom. The first-order valence-corrected chi connectivity index (χ1v) is 7.12. The van der Waals surface area contributed by atoms with Crippen molar-refractivity contribution in [3.05, 3.63) is 60.2 Å². The molecular formula is C13H12ClNO2S. The molecule has 0 unspecified atom stereocenters. The highest BCUT2D eigenvalue weighted by Gasteiger charge is 2.22. The maximum absolute atomic E-state index is 12.2. The van der Waals surface area contributed by atoms with Crippen LogP contribution in [0.3, 0.4) is 0 Å². The van der Waals surface area contributed by atoms with Crippen molar-refractivity contribution >= 4 is 27.5 Å². The molecule has 0 fully saturated rings. The van der Waals surface area contributed by atoms with E-state index in [4.69, 9.17) is 11.8 Å². The monoisotopic (exact) mass is 281 g/mol. The van der Waals surface area contributed by atoms with Gasteiger partial charge in [0.2, 0.25) is 0 Å².